The molecule has 15 heteroatoms. The summed E-state index contributed by atoms with van der Waals surface area (Å²) in [5, 5.41) is 2.99. The largest absolute Gasteiger partial charge is 0.495 e. The van der Waals surface area contributed by atoms with E-state index in [0.717, 1.165) is 24.1 Å². The van der Waals surface area contributed by atoms with Crippen molar-refractivity contribution in [2.45, 2.75) is 54.0 Å². The standard InChI is InChI=1S/C33H36Cl2FN5O5S2/c1-33(2,22-8-14-27(34)29(16-22)46-4)30-18-37-32(41(30)24-11-9-23(36)10-12-24)47-20-21-7-13-26(17-28(21)35)48(43,44)39-31(42)38-40-15-5-6-25(40)19-45-3/h7-14,16-18,25H,5-6,15,19-20H2,1-4H3,(H2,38,39,42)/t25-/m1/s1. The number of carbonyl (C=O) groups is 1. The molecule has 3 aromatic carbocycles. The van der Waals surface area contributed by atoms with Gasteiger partial charge < -0.3 is 9.47 Å². The Hall–Kier alpha value is -3.33. The normalized spacial score (nSPS) is 15.4. The number of sulfonamides is 1. The van der Waals surface area contributed by atoms with Gasteiger partial charge >= 0.3 is 6.03 Å². The number of methoxy groups -OCH3 is 2. The highest BCUT2D eigenvalue weighted by Crippen LogP contribution is 2.39. The summed E-state index contributed by atoms with van der Waals surface area (Å²) in [7, 11) is -1.07. The van der Waals surface area contributed by atoms with E-state index >= 15 is 0 Å². The fourth-order valence-corrected chi connectivity index (χ4v) is 8.06. The van der Waals surface area contributed by atoms with Gasteiger partial charge in [-0.3, -0.25) is 9.99 Å². The molecule has 0 unspecified atom stereocenters. The number of amides is 2. The first-order valence-electron chi connectivity index (χ1n) is 15.0. The van der Waals surface area contributed by atoms with Gasteiger partial charge in [0.1, 0.15) is 11.6 Å². The maximum absolute atomic E-state index is 13.9. The molecule has 48 heavy (non-hydrogen) atoms. The van der Waals surface area contributed by atoms with E-state index < -0.39 is 21.5 Å². The third-order valence-electron chi connectivity index (χ3n) is 8.23. The highest BCUT2D eigenvalue weighted by molar-refractivity contribution is 7.98. The van der Waals surface area contributed by atoms with E-state index in [0.29, 0.717) is 46.1 Å². The van der Waals surface area contributed by atoms with Gasteiger partial charge in [0.25, 0.3) is 10.0 Å². The van der Waals surface area contributed by atoms with Gasteiger partial charge in [-0.1, -0.05) is 60.9 Å². The van der Waals surface area contributed by atoms with Crippen LogP contribution in [0.5, 0.6) is 5.75 Å². The van der Waals surface area contributed by atoms with Crippen LogP contribution in [0.1, 0.15) is 43.5 Å². The number of aromatic nitrogens is 2. The molecule has 256 valence electrons. The highest BCUT2D eigenvalue weighted by Gasteiger charge is 2.31. The zero-order valence-corrected chi connectivity index (χ0v) is 29.9. The number of ether oxygens (including phenoxy) is 2. The number of hydrogen-bond donors (Lipinski definition) is 2. The average Bonchev–Trinajstić information content (AvgIpc) is 3.68. The first-order chi connectivity index (χ1) is 22.8. The number of benzene rings is 3. The van der Waals surface area contributed by atoms with Crippen molar-refractivity contribution in [3.05, 3.63) is 99.5 Å². The molecule has 0 spiro atoms. The van der Waals surface area contributed by atoms with E-state index in [1.54, 1.807) is 49.7 Å². The Balaban J connectivity index is 1.36. The van der Waals surface area contributed by atoms with Gasteiger partial charge in [0.05, 0.1) is 41.6 Å². The number of urea groups is 1. The van der Waals surface area contributed by atoms with Gasteiger partial charge in [0.2, 0.25) is 0 Å². The lowest BCUT2D eigenvalue weighted by molar-refractivity contribution is 0.0916. The van der Waals surface area contributed by atoms with Gasteiger partial charge in [-0.05, 0) is 72.5 Å². The van der Waals surface area contributed by atoms with Crippen LogP contribution in [0.25, 0.3) is 5.69 Å². The number of thioether (sulfide) groups is 1. The first-order valence-corrected chi connectivity index (χ1v) is 18.2. The monoisotopic (exact) mass is 735 g/mol. The molecule has 0 radical (unpaired) electrons. The second kappa shape index (κ2) is 15.1. The Morgan fingerprint density at radius 1 is 1.08 bits per heavy atom. The predicted molar refractivity (Wildman–Crippen MR) is 185 cm³/mol. The Kier molecular flexibility index (Phi) is 11.3. The fraction of sp³-hybridized carbons (Fsp3) is 0.333. The van der Waals surface area contributed by atoms with Gasteiger partial charge in [0, 0.05) is 35.5 Å². The quantitative estimate of drug-likeness (QED) is 0.150. The van der Waals surface area contributed by atoms with Crippen molar-refractivity contribution in [3.63, 3.8) is 0 Å². The van der Waals surface area contributed by atoms with Crippen molar-refractivity contribution in [2.24, 2.45) is 0 Å². The third-order valence-corrected chi connectivity index (χ3v) is 11.2. The van der Waals surface area contributed by atoms with Crippen molar-refractivity contribution >= 4 is 51.0 Å². The zero-order valence-electron chi connectivity index (χ0n) is 26.8. The molecule has 1 fully saturated rings. The van der Waals surface area contributed by atoms with Crippen molar-refractivity contribution < 1.29 is 27.1 Å². The lowest BCUT2D eigenvalue weighted by Crippen LogP contribution is -2.51. The molecule has 5 rings (SSSR count). The second-order valence-corrected chi connectivity index (χ2v) is 15.2. The number of rotatable bonds is 12. The summed E-state index contributed by atoms with van der Waals surface area (Å²) < 4.78 is 54.7. The van der Waals surface area contributed by atoms with Crippen LogP contribution in [0.4, 0.5) is 9.18 Å². The minimum atomic E-state index is -4.21. The molecule has 2 heterocycles. The molecular formula is C33H36Cl2FN5O5S2. The lowest BCUT2D eigenvalue weighted by Gasteiger charge is -2.28. The van der Waals surface area contributed by atoms with Gasteiger partial charge in [0.15, 0.2) is 5.16 Å². The van der Waals surface area contributed by atoms with E-state index in [1.807, 2.05) is 16.7 Å². The SMILES string of the molecule is COC[C@H]1CCCN1NC(=O)NS(=O)(=O)c1ccc(CSc2ncc(C(C)(C)c3ccc(Cl)c(OC)c3)n2-c2ccc(F)cc2)c(Cl)c1. The van der Waals surface area contributed by atoms with Crippen LogP contribution >= 0.6 is 35.0 Å². The smallest absolute Gasteiger partial charge is 0.343 e. The van der Waals surface area contributed by atoms with Crippen molar-refractivity contribution in [3.8, 4) is 11.4 Å². The molecule has 1 saturated heterocycles. The molecule has 1 aliphatic rings. The number of imidazole rings is 1. The van der Waals surface area contributed by atoms with Crippen molar-refractivity contribution in [1.82, 2.24) is 24.7 Å². The molecule has 4 aromatic rings. The maximum atomic E-state index is 13.9. The van der Waals surface area contributed by atoms with Crippen LogP contribution in [-0.4, -0.2) is 62.4 Å². The topological polar surface area (TPSA) is 115 Å². The lowest BCUT2D eigenvalue weighted by atomic mass is 9.81. The van der Waals surface area contributed by atoms with Crippen LogP contribution in [0.15, 0.2) is 76.9 Å². The summed E-state index contributed by atoms with van der Waals surface area (Å²) in [6.07, 6.45) is 3.47. The van der Waals surface area contributed by atoms with Crippen molar-refractivity contribution in [2.75, 3.05) is 27.4 Å². The van der Waals surface area contributed by atoms with Gasteiger partial charge in [-0.2, -0.15) is 0 Å². The van der Waals surface area contributed by atoms with Gasteiger partial charge in [-0.25, -0.2) is 32.3 Å². The summed E-state index contributed by atoms with van der Waals surface area (Å²) in [6, 6.07) is 15.2. The summed E-state index contributed by atoms with van der Waals surface area (Å²) in [4.78, 5) is 17.1. The van der Waals surface area contributed by atoms with Crippen LogP contribution in [-0.2, 0) is 25.9 Å². The summed E-state index contributed by atoms with van der Waals surface area (Å²) in [6.45, 7) is 5.11. The number of hydrogen-bond acceptors (Lipinski definition) is 8. The number of nitrogens with one attached hydrogen (secondary N) is 2. The van der Waals surface area contributed by atoms with Crippen LogP contribution < -0.4 is 14.9 Å². The van der Waals surface area contributed by atoms with E-state index in [9.17, 15) is 17.6 Å². The summed E-state index contributed by atoms with van der Waals surface area (Å²) >= 11 is 14.3. The van der Waals surface area contributed by atoms with E-state index in [1.165, 1.54) is 36.0 Å². The van der Waals surface area contributed by atoms with E-state index in [2.05, 4.69) is 24.0 Å². The average molecular weight is 737 g/mol. The minimum Gasteiger partial charge on any atom is -0.495 e. The van der Waals surface area contributed by atoms with Crippen LogP contribution in [0, 0.1) is 5.82 Å². The molecular weight excluding hydrogens is 700 g/mol. The molecule has 2 N–H and O–H groups in total. The number of hydrazine groups is 1. The Bertz CT molecular complexity index is 1890. The minimum absolute atomic E-state index is 0.0311. The molecule has 1 aromatic heterocycles. The molecule has 0 bridgehead atoms. The van der Waals surface area contributed by atoms with Gasteiger partial charge in [-0.15, -0.1) is 0 Å². The maximum Gasteiger partial charge on any atom is 0.343 e. The van der Waals surface area contributed by atoms with Crippen LogP contribution in [0.2, 0.25) is 10.0 Å². The number of halogens is 3. The van der Waals surface area contributed by atoms with Crippen LogP contribution in [0.3, 0.4) is 0 Å². The third kappa shape index (κ3) is 7.93. The predicted octanol–water partition coefficient (Wildman–Crippen LogP) is 6.96. The first kappa shape index (κ1) is 36.0. The molecule has 1 aliphatic heterocycles. The molecule has 1 atom stereocenters. The molecule has 10 nitrogen and oxygen atoms in total. The van der Waals surface area contributed by atoms with E-state index in [4.69, 9.17) is 37.7 Å². The second-order valence-electron chi connectivity index (χ2n) is 11.7. The molecule has 0 aliphatic carbocycles. The summed E-state index contributed by atoms with van der Waals surface area (Å²) in [5.41, 5.74) is 5.15. The Morgan fingerprint density at radius 3 is 2.52 bits per heavy atom. The highest BCUT2D eigenvalue weighted by atomic mass is 35.5. The Morgan fingerprint density at radius 2 is 1.83 bits per heavy atom. The van der Waals surface area contributed by atoms with E-state index in [-0.39, 0.29) is 21.8 Å². The number of carbonyl (C=O) groups excluding carboxylic acids is 1. The number of nitrogens with zero attached hydrogens (tertiary/aromatic N) is 3. The van der Waals surface area contributed by atoms with Crippen molar-refractivity contribution in [1.29, 1.82) is 0 Å². The molecule has 2 amide bonds. The molecule has 0 saturated carbocycles. The summed E-state index contributed by atoms with van der Waals surface area (Å²) in [5.74, 6) is 0.523. The fourth-order valence-electron chi connectivity index (χ4n) is 5.55. The zero-order chi connectivity index (χ0) is 34.6. The Labute approximate surface area is 293 Å².